The molecule has 3 rings (SSSR count). The van der Waals surface area contributed by atoms with Gasteiger partial charge in [0.1, 0.15) is 10.6 Å². The fourth-order valence-corrected chi connectivity index (χ4v) is 4.27. The maximum Gasteiger partial charge on any atom is 0.265 e. The molecule has 0 unspecified atom stereocenters. The van der Waals surface area contributed by atoms with Crippen LogP contribution in [0, 0.1) is 0 Å². The molecule has 0 aliphatic carbocycles. The van der Waals surface area contributed by atoms with Crippen LogP contribution in [0.3, 0.4) is 0 Å². The van der Waals surface area contributed by atoms with Crippen LogP contribution in [0.1, 0.15) is 12.0 Å². The molecule has 6 nitrogen and oxygen atoms in total. The number of ether oxygens (including phenoxy) is 1. The van der Waals surface area contributed by atoms with E-state index >= 15 is 0 Å². The Labute approximate surface area is 151 Å². The number of nitrogens with one attached hydrogen (secondary N) is 1. The monoisotopic (exact) mass is 380 g/mol. The molecule has 25 heavy (non-hydrogen) atoms. The largest absolute Gasteiger partial charge is 0.495 e. The Morgan fingerprint density at radius 3 is 2.64 bits per heavy atom. The van der Waals surface area contributed by atoms with Gasteiger partial charge >= 0.3 is 0 Å². The zero-order chi connectivity index (χ0) is 18.2. The molecule has 8 heteroatoms. The summed E-state index contributed by atoms with van der Waals surface area (Å²) < 4.78 is 33.1. The van der Waals surface area contributed by atoms with Crippen LogP contribution < -0.4 is 14.4 Å². The summed E-state index contributed by atoms with van der Waals surface area (Å²) in [5.74, 6) is 0.254. The lowest BCUT2D eigenvalue weighted by molar-refractivity contribution is -0.118. The summed E-state index contributed by atoms with van der Waals surface area (Å²) in [4.78, 5) is 13.3. The minimum absolute atomic E-state index is 0.0347. The minimum Gasteiger partial charge on any atom is -0.495 e. The van der Waals surface area contributed by atoms with Gasteiger partial charge in [0.25, 0.3) is 10.0 Å². The molecule has 1 N–H and O–H groups in total. The Hall–Kier alpha value is -2.25. The van der Waals surface area contributed by atoms with E-state index in [1.54, 1.807) is 36.2 Å². The maximum atomic E-state index is 12.7. The molecule has 1 aliphatic heterocycles. The first kappa shape index (κ1) is 17.6. The molecule has 0 fully saturated rings. The number of hydrogen-bond acceptors (Lipinski definition) is 4. The first-order chi connectivity index (χ1) is 11.8. The van der Waals surface area contributed by atoms with Crippen molar-refractivity contribution in [2.24, 2.45) is 0 Å². The van der Waals surface area contributed by atoms with Crippen LogP contribution in [0.2, 0.25) is 5.02 Å². The molecule has 0 spiro atoms. The van der Waals surface area contributed by atoms with Gasteiger partial charge < -0.3 is 9.64 Å². The van der Waals surface area contributed by atoms with Crippen molar-refractivity contribution in [1.29, 1.82) is 0 Å². The second-order valence-corrected chi connectivity index (χ2v) is 7.78. The molecular formula is C17H17ClN2O4S. The maximum absolute atomic E-state index is 12.7. The van der Waals surface area contributed by atoms with E-state index in [0.29, 0.717) is 23.6 Å². The molecule has 0 saturated carbocycles. The van der Waals surface area contributed by atoms with Crippen LogP contribution in [0.4, 0.5) is 11.4 Å². The van der Waals surface area contributed by atoms with Gasteiger partial charge in [0.2, 0.25) is 5.91 Å². The number of fused-ring (bicyclic) bond motifs is 1. The second-order valence-electron chi connectivity index (χ2n) is 5.70. The van der Waals surface area contributed by atoms with Crippen molar-refractivity contribution in [2.45, 2.75) is 17.7 Å². The smallest absolute Gasteiger partial charge is 0.265 e. The molecule has 132 valence electrons. The van der Waals surface area contributed by atoms with Crippen LogP contribution >= 0.6 is 11.6 Å². The van der Waals surface area contributed by atoms with Gasteiger partial charge in [0.15, 0.2) is 0 Å². The molecule has 2 aromatic carbocycles. The summed E-state index contributed by atoms with van der Waals surface area (Å²) in [6, 6.07) is 9.51. The van der Waals surface area contributed by atoms with Crippen molar-refractivity contribution in [3.8, 4) is 5.75 Å². The number of amides is 1. The third-order valence-corrected chi connectivity index (χ3v) is 5.73. The van der Waals surface area contributed by atoms with Crippen molar-refractivity contribution in [1.82, 2.24) is 0 Å². The second kappa shape index (κ2) is 6.57. The fraction of sp³-hybridized carbons (Fsp3) is 0.235. The molecule has 1 amide bonds. The molecule has 1 heterocycles. The van der Waals surface area contributed by atoms with Crippen LogP contribution in [0.15, 0.2) is 41.3 Å². The average molecular weight is 381 g/mol. The SMILES string of the molecule is COc1ccc(Cl)cc1S(=O)(=O)Nc1ccc2c(c1)CCC(=O)N2C. The number of aryl methyl sites for hydroxylation is 1. The number of carbonyl (C=O) groups excluding carboxylic acids is 1. The van der Waals surface area contributed by atoms with Crippen molar-refractivity contribution < 1.29 is 17.9 Å². The summed E-state index contributed by atoms with van der Waals surface area (Å²) in [5.41, 5.74) is 2.13. The Balaban J connectivity index is 1.95. The van der Waals surface area contributed by atoms with Crippen molar-refractivity contribution in [2.75, 3.05) is 23.8 Å². The van der Waals surface area contributed by atoms with Gasteiger partial charge in [-0.3, -0.25) is 9.52 Å². The summed E-state index contributed by atoms with van der Waals surface area (Å²) in [6.45, 7) is 0. The molecule has 0 saturated heterocycles. The normalized spacial score (nSPS) is 14.2. The highest BCUT2D eigenvalue weighted by molar-refractivity contribution is 7.92. The molecule has 0 atom stereocenters. The topological polar surface area (TPSA) is 75.7 Å². The van der Waals surface area contributed by atoms with Gasteiger partial charge in [-0.2, -0.15) is 0 Å². The lowest BCUT2D eigenvalue weighted by Gasteiger charge is -2.26. The van der Waals surface area contributed by atoms with E-state index in [9.17, 15) is 13.2 Å². The molecule has 0 radical (unpaired) electrons. The number of sulfonamides is 1. The Morgan fingerprint density at radius 1 is 1.16 bits per heavy atom. The fourth-order valence-electron chi connectivity index (χ4n) is 2.79. The standard InChI is InChI=1S/C17H17ClN2O4S/c1-20-14-6-5-13(9-11(14)3-8-17(20)21)19-25(22,23)16-10-12(18)4-7-15(16)24-2/h4-7,9-10,19H,3,8H2,1-2H3. The first-order valence-electron chi connectivity index (χ1n) is 7.57. The predicted octanol–water partition coefficient (Wildman–Crippen LogP) is 3.06. The van der Waals surface area contributed by atoms with Crippen LogP contribution in [0.5, 0.6) is 5.75 Å². The van der Waals surface area contributed by atoms with Gasteiger partial charge in [0, 0.05) is 29.9 Å². The Bertz CT molecular complexity index is 944. The van der Waals surface area contributed by atoms with Gasteiger partial charge in [0.05, 0.1) is 7.11 Å². The van der Waals surface area contributed by atoms with Crippen molar-refractivity contribution >= 4 is 38.9 Å². The van der Waals surface area contributed by atoms with E-state index < -0.39 is 10.0 Å². The number of carbonyl (C=O) groups is 1. The van der Waals surface area contributed by atoms with Crippen LogP contribution in [-0.2, 0) is 21.2 Å². The van der Waals surface area contributed by atoms with E-state index in [0.717, 1.165) is 11.3 Å². The number of benzene rings is 2. The Kier molecular flexibility index (Phi) is 4.62. The summed E-state index contributed by atoms with van der Waals surface area (Å²) in [7, 11) is -0.763. The lowest BCUT2D eigenvalue weighted by Crippen LogP contribution is -2.31. The van der Waals surface area contributed by atoms with E-state index in [1.165, 1.54) is 19.2 Å². The van der Waals surface area contributed by atoms with E-state index in [-0.39, 0.29) is 16.6 Å². The highest BCUT2D eigenvalue weighted by Crippen LogP contribution is 2.32. The third-order valence-electron chi connectivity index (χ3n) is 4.09. The molecule has 0 aromatic heterocycles. The van der Waals surface area contributed by atoms with Crippen molar-refractivity contribution in [3.05, 3.63) is 47.0 Å². The number of hydrogen-bond donors (Lipinski definition) is 1. The molecule has 2 aromatic rings. The van der Waals surface area contributed by atoms with Crippen molar-refractivity contribution in [3.63, 3.8) is 0 Å². The minimum atomic E-state index is -3.87. The lowest BCUT2D eigenvalue weighted by atomic mass is 10.0. The molecule has 1 aliphatic rings. The first-order valence-corrected chi connectivity index (χ1v) is 9.44. The van der Waals surface area contributed by atoms with E-state index in [2.05, 4.69) is 4.72 Å². The quantitative estimate of drug-likeness (QED) is 0.884. The third kappa shape index (κ3) is 3.43. The van der Waals surface area contributed by atoms with Gasteiger partial charge in [-0.1, -0.05) is 11.6 Å². The Morgan fingerprint density at radius 2 is 1.92 bits per heavy atom. The van der Waals surface area contributed by atoms with Gasteiger partial charge in [-0.05, 0) is 48.4 Å². The number of anilines is 2. The number of methoxy groups -OCH3 is 1. The van der Waals surface area contributed by atoms with Crippen LogP contribution in [-0.4, -0.2) is 28.5 Å². The number of nitrogens with zero attached hydrogens (tertiary/aromatic N) is 1. The predicted molar refractivity (Wildman–Crippen MR) is 97.0 cm³/mol. The molecular weight excluding hydrogens is 364 g/mol. The number of rotatable bonds is 4. The van der Waals surface area contributed by atoms with E-state index in [4.69, 9.17) is 16.3 Å². The summed E-state index contributed by atoms with van der Waals surface area (Å²) in [6.07, 6.45) is 0.983. The average Bonchev–Trinajstić information content (AvgIpc) is 2.58. The van der Waals surface area contributed by atoms with Gasteiger partial charge in [-0.25, -0.2) is 8.42 Å². The van der Waals surface area contributed by atoms with E-state index in [1.807, 2.05) is 0 Å². The highest BCUT2D eigenvalue weighted by atomic mass is 35.5. The zero-order valence-corrected chi connectivity index (χ0v) is 15.3. The molecule has 0 bridgehead atoms. The highest BCUT2D eigenvalue weighted by Gasteiger charge is 2.23. The summed E-state index contributed by atoms with van der Waals surface area (Å²) in [5, 5.41) is 0.298. The van der Waals surface area contributed by atoms with Gasteiger partial charge in [-0.15, -0.1) is 0 Å². The zero-order valence-electron chi connectivity index (χ0n) is 13.7. The summed E-state index contributed by atoms with van der Waals surface area (Å²) >= 11 is 5.92. The number of halogens is 1. The van der Waals surface area contributed by atoms with Crippen LogP contribution in [0.25, 0.3) is 0 Å².